The first-order chi connectivity index (χ1) is 9.20. The van der Waals surface area contributed by atoms with Crippen molar-refractivity contribution in [3.05, 3.63) is 10.4 Å². The Morgan fingerprint density at radius 3 is 2.65 bits per heavy atom. The van der Waals surface area contributed by atoms with Crippen LogP contribution in [0.4, 0.5) is 4.79 Å². The van der Waals surface area contributed by atoms with E-state index in [2.05, 4.69) is 23.9 Å². The van der Waals surface area contributed by atoms with Gasteiger partial charge in [0.25, 0.3) is 0 Å². The second kappa shape index (κ2) is 6.35. The Bertz CT molecular complexity index is 396. The van der Waals surface area contributed by atoms with Gasteiger partial charge in [-0.25, -0.2) is 4.79 Å². The highest BCUT2D eigenvalue weighted by Crippen LogP contribution is 2.38. The highest BCUT2D eigenvalue weighted by atomic mass is 16.6. The van der Waals surface area contributed by atoms with E-state index in [1.807, 2.05) is 20.8 Å². The second-order valence-electron chi connectivity index (χ2n) is 6.91. The van der Waals surface area contributed by atoms with Crippen molar-refractivity contribution >= 4 is 6.09 Å². The molecular weight excluding hydrogens is 256 g/mol. The zero-order chi connectivity index (χ0) is 15.4. The van der Waals surface area contributed by atoms with Gasteiger partial charge in [0.2, 0.25) is 0 Å². The predicted octanol–water partition coefficient (Wildman–Crippen LogP) is 3.97. The van der Waals surface area contributed by atoms with Gasteiger partial charge in [0.05, 0.1) is 0 Å². The molecule has 1 rings (SSSR count). The van der Waals surface area contributed by atoms with Crippen molar-refractivity contribution in [1.82, 2.24) is 4.90 Å². The lowest BCUT2D eigenvalue weighted by Crippen LogP contribution is -2.51. The van der Waals surface area contributed by atoms with Crippen LogP contribution in [-0.4, -0.2) is 36.2 Å². The van der Waals surface area contributed by atoms with Crippen LogP contribution in [0.25, 0.3) is 10.4 Å². The van der Waals surface area contributed by atoms with Crippen LogP contribution in [0.15, 0.2) is 5.11 Å². The van der Waals surface area contributed by atoms with Gasteiger partial charge >= 0.3 is 6.09 Å². The number of hydrogen-bond acceptors (Lipinski definition) is 3. The molecule has 20 heavy (non-hydrogen) atoms. The number of hydrogen-bond donors (Lipinski definition) is 0. The predicted molar refractivity (Wildman–Crippen MR) is 78.3 cm³/mol. The van der Waals surface area contributed by atoms with Crippen LogP contribution in [-0.2, 0) is 4.74 Å². The summed E-state index contributed by atoms with van der Waals surface area (Å²) in [7, 11) is 0. The van der Waals surface area contributed by atoms with Crippen LogP contribution >= 0.6 is 0 Å². The first kappa shape index (κ1) is 16.6. The van der Waals surface area contributed by atoms with Crippen molar-refractivity contribution in [2.24, 2.45) is 16.4 Å². The third kappa shape index (κ3) is 4.30. The third-order valence-electron chi connectivity index (χ3n) is 3.93. The van der Waals surface area contributed by atoms with Gasteiger partial charge in [0.1, 0.15) is 5.60 Å². The number of amides is 1. The Labute approximate surface area is 121 Å². The molecule has 0 radical (unpaired) electrons. The molecule has 1 saturated heterocycles. The van der Waals surface area contributed by atoms with E-state index in [1.54, 1.807) is 4.90 Å². The first-order valence-electron chi connectivity index (χ1n) is 7.19. The smallest absolute Gasteiger partial charge is 0.410 e. The Kier molecular flexibility index (Phi) is 5.28. The normalized spacial score (nSPS) is 23.4. The lowest BCUT2D eigenvalue weighted by molar-refractivity contribution is -0.00328. The lowest BCUT2D eigenvalue weighted by atomic mass is 9.71. The maximum Gasteiger partial charge on any atom is 0.410 e. The third-order valence-corrected chi connectivity index (χ3v) is 3.93. The van der Waals surface area contributed by atoms with Crippen molar-refractivity contribution in [3.63, 3.8) is 0 Å². The molecule has 0 spiro atoms. The van der Waals surface area contributed by atoms with Gasteiger partial charge < -0.3 is 9.64 Å². The van der Waals surface area contributed by atoms with Crippen molar-refractivity contribution in [3.8, 4) is 0 Å². The summed E-state index contributed by atoms with van der Waals surface area (Å²) in [5.41, 5.74) is 7.95. The number of carbonyl (C=O) groups excluding carboxylic acids is 1. The van der Waals surface area contributed by atoms with E-state index >= 15 is 0 Å². The lowest BCUT2D eigenvalue weighted by Gasteiger charge is -2.45. The van der Waals surface area contributed by atoms with Crippen molar-refractivity contribution in [2.75, 3.05) is 19.6 Å². The number of rotatable bonds is 3. The number of nitrogens with zero attached hydrogens (tertiary/aromatic N) is 4. The van der Waals surface area contributed by atoms with Crippen molar-refractivity contribution < 1.29 is 9.53 Å². The molecule has 6 heteroatoms. The molecule has 1 aliphatic heterocycles. The summed E-state index contributed by atoms with van der Waals surface area (Å²) in [5.74, 6) is 0.346. The first-order valence-corrected chi connectivity index (χ1v) is 7.19. The molecule has 114 valence electrons. The van der Waals surface area contributed by atoms with Gasteiger partial charge in [0.15, 0.2) is 0 Å². The summed E-state index contributed by atoms with van der Waals surface area (Å²) in [6.45, 7) is 11.6. The van der Waals surface area contributed by atoms with Gasteiger partial charge in [-0.3, -0.25) is 0 Å². The van der Waals surface area contributed by atoms with Gasteiger partial charge in [-0.05, 0) is 50.5 Å². The van der Waals surface area contributed by atoms with Crippen LogP contribution < -0.4 is 0 Å². The monoisotopic (exact) mass is 282 g/mol. The van der Waals surface area contributed by atoms with E-state index in [0.717, 1.165) is 12.8 Å². The molecule has 0 bridgehead atoms. The molecule has 1 amide bonds. The molecule has 0 unspecified atom stereocenters. The highest BCUT2D eigenvalue weighted by molar-refractivity contribution is 5.68. The highest BCUT2D eigenvalue weighted by Gasteiger charge is 2.40. The number of piperidine rings is 1. The molecule has 6 nitrogen and oxygen atoms in total. The quantitative estimate of drug-likeness (QED) is 0.446. The van der Waals surface area contributed by atoms with E-state index in [-0.39, 0.29) is 11.5 Å². The summed E-state index contributed by atoms with van der Waals surface area (Å²) in [4.78, 5) is 16.8. The average Bonchev–Trinajstić information content (AvgIpc) is 2.34. The average molecular weight is 282 g/mol. The minimum Gasteiger partial charge on any atom is -0.444 e. The Morgan fingerprint density at radius 2 is 2.15 bits per heavy atom. The number of azide groups is 1. The molecule has 0 N–H and O–H groups in total. The molecule has 0 aliphatic carbocycles. The van der Waals surface area contributed by atoms with Crippen LogP contribution in [0.5, 0.6) is 0 Å². The van der Waals surface area contributed by atoms with Gasteiger partial charge in [-0.15, -0.1) is 0 Å². The van der Waals surface area contributed by atoms with Gasteiger partial charge in [0, 0.05) is 24.5 Å². The number of carbonyl (C=O) groups is 1. The zero-order valence-corrected chi connectivity index (χ0v) is 13.2. The van der Waals surface area contributed by atoms with Crippen LogP contribution in [0.1, 0.15) is 47.5 Å². The summed E-state index contributed by atoms with van der Waals surface area (Å²) in [5, 5.41) is 3.76. The maximum absolute atomic E-state index is 12.2. The molecule has 1 aliphatic rings. The minimum absolute atomic E-state index is 0.138. The minimum atomic E-state index is -0.486. The second-order valence-corrected chi connectivity index (χ2v) is 6.91. The molecular formula is C14H26N4O2. The Morgan fingerprint density at radius 1 is 1.50 bits per heavy atom. The maximum atomic E-state index is 12.2. The molecule has 1 heterocycles. The molecule has 0 aromatic carbocycles. The topological polar surface area (TPSA) is 78.3 Å². The van der Waals surface area contributed by atoms with Crippen molar-refractivity contribution in [1.29, 1.82) is 0 Å². The fourth-order valence-electron chi connectivity index (χ4n) is 2.60. The van der Waals surface area contributed by atoms with E-state index in [1.165, 1.54) is 0 Å². The standard InChI is InChI=1S/C14H26N4O2/c1-11(2)14(9-16-17-15)7-6-8-18(10-14)12(19)20-13(3,4)5/h11H,6-10H2,1-5H3/t14-/m1/s1. The molecule has 1 atom stereocenters. The van der Waals surface area contributed by atoms with E-state index in [4.69, 9.17) is 10.3 Å². The summed E-state index contributed by atoms with van der Waals surface area (Å²) < 4.78 is 5.44. The van der Waals surface area contributed by atoms with Crippen LogP contribution in [0, 0.1) is 11.3 Å². The van der Waals surface area contributed by atoms with Gasteiger partial charge in [-0.1, -0.05) is 19.0 Å². The zero-order valence-electron chi connectivity index (χ0n) is 13.2. The van der Waals surface area contributed by atoms with Crippen LogP contribution in [0.3, 0.4) is 0 Å². The van der Waals surface area contributed by atoms with Crippen molar-refractivity contribution in [2.45, 2.75) is 53.1 Å². The number of likely N-dealkylation sites (tertiary alicyclic amines) is 1. The van der Waals surface area contributed by atoms with E-state index < -0.39 is 5.60 Å². The molecule has 1 fully saturated rings. The van der Waals surface area contributed by atoms with E-state index in [9.17, 15) is 4.79 Å². The SMILES string of the molecule is CC(C)[C@@]1(CN=[N+]=[N-])CCCN(C(=O)OC(C)(C)C)C1. The largest absolute Gasteiger partial charge is 0.444 e. The Hall–Kier alpha value is -1.42. The fourth-order valence-corrected chi connectivity index (χ4v) is 2.60. The Balaban J connectivity index is 2.82. The van der Waals surface area contributed by atoms with Crippen LogP contribution in [0.2, 0.25) is 0 Å². The molecule has 0 aromatic rings. The van der Waals surface area contributed by atoms with E-state index in [0.29, 0.717) is 25.6 Å². The number of ether oxygens (including phenoxy) is 1. The summed E-state index contributed by atoms with van der Waals surface area (Å²) in [6, 6.07) is 0. The van der Waals surface area contributed by atoms with Gasteiger partial charge in [-0.2, -0.15) is 0 Å². The summed E-state index contributed by atoms with van der Waals surface area (Å²) in [6.07, 6.45) is 1.62. The molecule has 0 saturated carbocycles. The summed E-state index contributed by atoms with van der Waals surface area (Å²) >= 11 is 0. The fraction of sp³-hybridized carbons (Fsp3) is 0.929. The molecule has 0 aromatic heterocycles.